The highest BCUT2D eigenvalue weighted by atomic mass is 19.4. The lowest BCUT2D eigenvalue weighted by Gasteiger charge is -2.09. The summed E-state index contributed by atoms with van der Waals surface area (Å²) in [6.07, 6.45) is -0.284. The summed E-state index contributed by atoms with van der Waals surface area (Å²) >= 11 is 0. The van der Waals surface area contributed by atoms with Crippen molar-refractivity contribution in [2.45, 2.75) is 6.18 Å². The number of nitrogen functional groups attached to an aromatic ring is 1. The first kappa shape index (κ1) is 21.6. The van der Waals surface area contributed by atoms with E-state index < -0.39 is 23.6 Å². The van der Waals surface area contributed by atoms with E-state index in [4.69, 9.17) is 5.73 Å². The molecule has 0 aliphatic rings. The maximum atomic E-state index is 12.8. The molecule has 0 aliphatic carbocycles. The SMILES string of the molecule is Nc1ccnc(NC(=O)/C=C/c2cccc(NC(=O)c3cccc(C(F)(F)F)c3)c2)c1. The Kier molecular flexibility index (Phi) is 6.35. The summed E-state index contributed by atoms with van der Waals surface area (Å²) < 4.78 is 38.5. The molecule has 3 aromatic rings. The minimum atomic E-state index is -4.54. The number of rotatable bonds is 5. The van der Waals surface area contributed by atoms with E-state index in [1.807, 2.05) is 0 Å². The van der Waals surface area contributed by atoms with Crippen molar-refractivity contribution >= 4 is 35.1 Å². The van der Waals surface area contributed by atoms with Gasteiger partial charge in [0.05, 0.1) is 5.56 Å². The normalized spacial score (nSPS) is 11.3. The second-order valence-corrected chi connectivity index (χ2v) is 6.46. The van der Waals surface area contributed by atoms with Crippen molar-refractivity contribution in [3.63, 3.8) is 0 Å². The Morgan fingerprint density at radius 3 is 2.48 bits per heavy atom. The predicted octanol–water partition coefficient (Wildman–Crippen LogP) is 4.59. The molecule has 6 nitrogen and oxygen atoms in total. The van der Waals surface area contributed by atoms with Crippen molar-refractivity contribution in [1.29, 1.82) is 0 Å². The van der Waals surface area contributed by atoms with Gasteiger partial charge in [-0.15, -0.1) is 0 Å². The summed E-state index contributed by atoms with van der Waals surface area (Å²) in [5, 5.41) is 5.11. The van der Waals surface area contributed by atoms with Gasteiger partial charge in [-0.3, -0.25) is 9.59 Å². The van der Waals surface area contributed by atoms with Crippen LogP contribution in [0.25, 0.3) is 6.08 Å². The molecule has 9 heteroatoms. The minimum absolute atomic E-state index is 0.121. The quantitative estimate of drug-likeness (QED) is 0.520. The number of amides is 2. The van der Waals surface area contributed by atoms with Crippen LogP contribution in [-0.2, 0) is 11.0 Å². The molecule has 0 aliphatic heterocycles. The molecule has 0 unspecified atom stereocenters. The summed E-state index contributed by atoms with van der Waals surface area (Å²) in [4.78, 5) is 28.3. The number of pyridine rings is 1. The number of anilines is 3. The molecule has 2 amide bonds. The number of hydrogen-bond donors (Lipinski definition) is 3. The van der Waals surface area contributed by atoms with Gasteiger partial charge in [-0.05, 0) is 48.0 Å². The average molecular weight is 426 g/mol. The highest BCUT2D eigenvalue weighted by molar-refractivity contribution is 6.05. The zero-order valence-corrected chi connectivity index (χ0v) is 16.0. The van der Waals surface area contributed by atoms with E-state index >= 15 is 0 Å². The number of alkyl halides is 3. The highest BCUT2D eigenvalue weighted by Crippen LogP contribution is 2.29. The molecule has 1 aromatic heterocycles. The average Bonchev–Trinajstić information content (AvgIpc) is 2.72. The van der Waals surface area contributed by atoms with E-state index in [1.54, 1.807) is 30.3 Å². The summed E-state index contributed by atoms with van der Waals surface area (Å²) in [7, 11) is 0. The smallest absolute Gasteiger partial charge is 0.399 e. The van der Waals surface area contributed by atoms with Gasteiger partial charge in [0, 0.05) is 35.3 Å². The van der Waals surface area contributed by atoms with Gasteiger partial charge in [-0.2, -0.15) is 13.2 Å². The first-order valence-electron chi connectivity index (χ1n) is 9.00. The lowest BCUT2D eigenvalue weighted by molar-refractivity contribution is -0.137. The van der Waals surface area contributed by atoms with E-state index in [9.17, 15) is 22.8 Å². The number of nitrogens with one attached hydrogen (secondary N) is 2. The van der Waals surface area contributed by atoms with Crippen molar-refractivity contribution in [1.82, 2.24) is 4.98 Å². The Morgan fingerprint density at radius 1 is 0.968 bits per heavy atom. The molecule has 0 saturated carbocycles. The van der Waals surface area contributed by atoms with Crippen LogP contribution in [0.3, 0.4) is 0 Å². The van der Waals surface area contributed by atoms with E-state index in [2.05, 4.69) is 15.6 Å². The van der Waals surface area contributed by atoms with E-state index in [1.165, 1.54) is 36.5 Å². The second-order valence-electron chi connectivity index (χ2n) is 6.46. The van der Waals surface area contributed by atoms with Crippen LogP contribution in [0.15, 0.2) is 72.9 Å². The predicted molar refractivity (Wildman–Crippen MR) is 112 cm³/mol. The molecule has 0 spiro atoms. The lowest BCUT2D eigenvalue weighted by Crippen LogP contribution is -2.14. The summed E-state index contributed by atoms with van der Waals surface area (Å²) in [6, 6.07) is 13.7. The van der Waals surface area contributed by atoms with Gasteiger partial charge in [-0.1, -0.05) is 18.2 Å². The summed E-state index contributed by atoms with van der Waals surface area (Å²) in [6.45, 7) is 0. The topological polar surface area (TPSA) is 97.1 Å². The summed E-state index contributed by atoms with van der Waals surface area (Å²) in [5.74, 6) is -0.814. The number of hydrogen-bond acceptors (Lipinski definition) is 4. The van der Waals surface area contributed by atoms with Crippen LogP contribution in [0.1, 0.15) is 21.5 Å². The molecule has 0 bridgehead atoms. The molecule has 0 atom stereocenters. The second kappa shape index (κ2) is 9.12. The first-order valence-corrected chi connectivity index (χ1v) is 9.00. The number of nitrogens with zero attached hydrogens (tertiary/aromatic N) is 1. The monoisotopic (exact) mass is 426 g/mol. The van der Waals surface area contributed by atoms with Gasteiger partial charge in [-0.25, -0.2) is 4.98 Å². The fraction of sp³-hybridized carbons (Fsp3) is 0.0455. The number of benzene rings is 2. The van der Waals surface area contributed by atoms with Crippen LogP contribution >= 0.6 is 0 Å². The fourth-order valence-corrected chi connectivity index (χ4v) is 2.62. The molecule has 3 rings (SSSR count). The van der Waals surface area contributed by atoms with E-state index in [0.29, 0.717) is 22.8 Å². The number of aromatic nitrogens is 1. The Balaban J connectivity index is 1.67. The highest BCUT2D eigenvalue weighted by Gasteiger charge is 2.30. The van der Waals surface area contributed by atoms with E-state index in [0.717, 1.165) is 12.1 Å². The molecule has 31 heavy (non-hydrogen) atoms. The molecule has 0 radical (unpaired) electrons. The third-order valence-corrected chi connectivity index (χ3v) is 4.06. The van der Waals surface area contributed by atoms with Gasteiger partial charge >= 0.3 is 6.18 Å². The molecule has 4 N–H and O–H groups in total. The molecule has 158 valence electrons. The van der Waals surface area contributed by atoms with Gasteiger partial charge in [0.15, 0.2) is 0 Å². The Bertz CT molecular complexity index is 1140. The van der Waals surface area contributed by atoms with Crippen LogP contribution in [0.5, 0.6) is 0 Å². The number of carbonyl (C=O) groups is 2. The molecule has 0 saturated heterocycles. The lowest BCUT2D eigenvalue weighted by atomic mass is 10.1. The Hall–Kier alpha value is -4.14. The molecule has 1 heterocycles. The van der Waals surface area contributed by atoms with Gasteiger partial charge in [0.1, 0.15) is 5.82 Å². The largest absolute Gasteiger partial charge is 0.416 e. The minimum Gasteiger partial charge on any atom is -0.399 e. The van der Waals surface area contributed by atoms with Gasteiger partial charge < -0.3 is 16.4 Å². The third kappa shape index (κ3) is 6.17. The van der Waals surface area contributed by atoms with Crippen molar-refractivity contribution < 1.29 is 22.8 Å². The zero-order chi connectivity index (χ0) is 22.4. The molecular weight excluding hydrogens is 409 g/mol. The van der Waals surface area contributed by atoms with Crippen LogP contribution in [0, 0.1) is 0 Å². The zero-order valence-electron chi connectivity index (χ0n) is 16.0. The molecule has 0 fully saturated rings. The summed E-state index contributed by atoms with van der Waals surface area (Å²) in [5.41, 5.74) is 6.02. The van der Waals surface area contributed by atoms with Crippen molar-refractivity contribution in [3.05, 3.63) is 89.6 Å². The maximum absolute atomic E-state index is 12.8. The van der Waals surface area contributed by atoms with Crippen LogP contribution < -0.4 is 16.4 Å². The number of carbonyl (C=O) groups excluding carboxylic acids is 2. The molecular formula is C22H17F3N4O2. The molecule has 2 aromatic carbocycles. The van der Waals surface area contributed by atoms with Crippen LogP contribution in [0.2, 0.25) is 0 Å². The Labute approximate surface area is 175 Å². The van der Waals surface area contributed by atoms with Crippen molar-refractivity contribution in [2.24, 2.45) is 0 Å². The Morgan fingerprint density at radius 2 is 1.74 bits per heavy atom. The van der Waals surface area contributed by atoms with Crippen LogP contribution in [0.4, 0.5) is 30.4 Å². The van der Waals surface area contributed by atoms with Gasteiger partial charge in [0.2, 0.25) is 5.91 Å². The van der Waals surface area contributed by atoms with Gasteiger partial charge in [0.25, 0.3) is 5.91 Å². The maximum Gasteiger partial charge on any atom is 0.416 e. The number of halogens is 3. The third-order valence-electron chi connectivity index (χ3n) is 4.06. The van der Waals surface area contributed by atoms with E-state index in [-0.39, 0.29) is 5.56 Å². The fourth-order valence-electron chi connectivity index (χ4n) is 2.62. The first-order chi connectivity index (χ1) is 14.7. The number of nitrogens with two attached hydrogens (primary N) is 1. The van der Waals surface area contributed by atoms with Crippen LogP contribution in [-0.4, -0.2) is 16.8 Å². The van der Waals surface area contributed by atoms with Crippen molar-refractivity contribution in [2.75, 3.05) is 16.4 Å². The standard InChI is InChI=1S/C22H17F3N4O2/c23-22(24,25)16-5-2-4-15(12-16)21(31)28-18-6-1-3-14(11-18)7-8-20(30)29-19-13-17(26)9-10-27-19/h1-13H,(H,28,31)(H3,26,27,29,30)/b8-7+. The van der Waals surface area contributed by atoms with Crippen molar-refractivity contribution in [3.8, 4) is 0 Å².